The topological polar surface area (TPSA) is 18.5 Å². The Bertz CT molecular complexity index is 699. The van der Waals surface area contributed by atoms with Crippen molar-refractivity contribution < 1.29 is 9.47 Å². The average molecular weight is 427 g/mol. The zero-order valence-corrected chi connectivity index (χ0v) is 21.4. The normalized spacial score (nSPS) is 12.2. The summed E-state index contributed by atoms with van der Waals surface area (Å²) in [7, 11) is 3.41. The molecule has 1 aromatic carbocycles. The monoisotopic (exact) mass is 426 g/mol. The van der Waals surface area contributed by atoms with Crippen LogP contribution in [-0.4, -0.2) is 20.8 Å². The van der Waals surface area contributed by atoms with Gasteiger partial charge in [0.25, 0.3) is 0 Å². The zero-order valence-electron chi connectivity index (χ0n) is 21.4. The number of rotatable bonds is 12. The summed E-state index contributed by atoms with van der Waals surface area (Å²) in [5, 5.41) is 0. The fourth-order valence-electron chi connectivity index (χ4n) is 2.89. The quantitative estimate of drug-likeness (QED) is 0.311. The van der Waals surface area contributed by atoms with E-state index in [4.69, 9.17) is 9.47 Å². The summed E-state index contributed by atoms with van der Waals surface area (Å²) in [6.07, 6.45) is 16.3. The lowest BCUT2D eigenvalue weighted by molar-refractivity contribution is 0.233. The minimum absolute atomic E-state index is 0.728. The number of hydrogen-bond acceptors (Lipinski definition) is 2. The SMILES string of the molecule is COC/C=C(\C)CC/C=C(\C)CC/C=C(\C)CCC=C(C)C.COc1ccc(C)cc1. The molecule has 2 heteroatoms. The maximum absolute atomic E-state index is 5.05. The van der Waals surface area contributed by atoms with Gasteiger partial charge in [-0.25, -0.2) is 0 Å². The number of aryl methyl sites for hydroxylation is 1. The van der Waals surface area contributed by atoms with Crippen LogP contribution in [0.25, 0.3) is 0 Å². The lowest BCUT2D eigenvalue weighted by Crippen LogP contribution is -1.85. The number of allylic oxidation sites excluding steroid dienone is 7. The molecule has 0 aliphatic rings. The summed E-state index contributed by atoms with van der Waals surface area (Å²) < 4.78 is 10.0. The van der Waals surface area contributed by atoms with Crippen LogP contribution in [0.4, 0.5) is 0 Å². The molecule has 0 aliphatic heterocycles. The molecule has 1 aromatic rings. The van der Waals surface area contributed by atoms with Gasteiger partial charge in [0.15, 0.2) is 0 Å². The smallest absolute Gasteiger partial charge is 0.118 e. The zero-order chi connectivity index (χ0) is 23.5. The largest absolute Gasteiger partial charge is 0.497 e. The fraction of sp³-hybridized carbons (Fsp3) is 0.517. The Labute approximate surface area is 192 Å². The first-order valence-corrected chi connectivity index (χ1v) is 11.5. The van der Waals surface area contributed by atoms with Crippen LogP contribution >= 0.6 is 0 Å². The molecule has 0 heterocycles. The molecular formula is C29H46O2. The maximum Gasteiger partial charge on any atom is 0.118 e. The van der Waals surface area contributed by atoms with Gasteiger partial charge in [-0.05, 0) is 92.2 Å². The standard InChI is InChI=1S/C21H36O.C8H10O/c1-18(2)10-7-11-19(3)12-8-13-20(4)14-9-15-21(5)16-17-22-6;1-7-3-5-8(9-2)6-4-7/h10,12,14,16H,7-9,11,13,15,17H2,1-6H3;3-6H,1-2H3/b19-12+,20-14+,21-16+;. The van der Waals surface area contributed by atoms with E-state index in [0.29, 0.717) is 0 Å². The van der Waals surface area contributed by atoms with Crippen LogP contribution in [-0.2, 0) is 4.74 Å². The second-order valence-corrected chi connectivity index (χ2v) is 8.52. The van der Waals surface area contributed by atoms with Gasteiger partial charge >= 0.3 is 0 Å². The van der Waals surface area contributed by atoms with Crippen molar-refractivity contribution in [2.75, 3.05) is 20.8 Å². The first-order valence-electron chi connectivity index (χ1n) is 11.5. The second kappa shape index (κ2) is 18.7. The van der Waals surface area contributed by atoms with Crippen LogP contribution in [0.3, 0.4) is 0 Å². The van der Waals surface area contributed by atoms with Gasteiger partial charge in [0.2, 0.25) is 0 Å². The predicted octanol–water partition coefficient (Wildman–Crippen LogP) is 8.78. The predicted molar refractivity (Wildman–Crippen MR) is 138 cm³/mol. The summed E-state index contributed by atoms with van der Waals surface area (Å²) in [6.45, 7) is 13.8. The van der Waals surface area contributed by atoms with E-state index in [0.717, 1.165) is 25.2 Å². The summed E-state index contributed by atoms with van der Waals surface area (Å²) in [5.41, 5.74) is 7.12. The number of benzene rings is 1. The molecular weight excluding hydrogens is 380 g/mol. The van der Waals surface area contributed by atoms with Gasteiger partial charge in [-0.2, -0.15) is 0 Å². The third-order valence-electron chi connectivity index (χ3n) is 5.01. The molecule has 0 radical (unpaired) electrons. The minimum atomic E-state index is 0.728. The summed E-state index contributed by atoms with van der Waals surface area (Å²) >= 11 is 0. The van der Waals surface area contributed by atoms with Crippen molar-refractivity contribution in [3.05, 3.63) is 76.4 Å². The molecule has 0 aromatic heterocycles. The molecule has 0 N–H and O–H groups in total. The van der Waals surface area contributed by atoms with Gasteiger partial charge < -0.3 is 9.47 Å². The van der Waals surface area contributed by atoms with Crippen LogP contribution in [0, 0.1) is 6.92 Å². The highest BCUT2D eigenvalue weighted by Crippen LogP contribution is 2.13. The summed E-state index contributed by atoms with van der Waals surface area (Å²) in [6, 6.07) is 7.96. The van der Waals surface area contributed by atoms with Crippen molar-refractivity contribution in [1.82, 2.24) is 0 Å². The van der Waals surface area contributed by atoms with E-state index in [1.807, 2.05) is 24.3 Å². The molecule has 0 aliphatic carbocycles. The van der Waals surface area contributed by atoms with Crippen LogP contribution < -0.4 is 4.74 Å². The maximum atomic E-state index is 5.05. The van der Waals surface area contributed by atoms with E-state index >= 15 is 0 Å². The van der Waals surface area contributed by atoms with Crippen molar-refractivity contribution >= 4 is 0 Å². The highest BCUT2D eigenvalue weighted by atomic mass is 16.5. The molecule has 174 valence electrons. The van der Waals surface area contributed by atoms with Crippen LogP contribution in [0.2, 0.25) is 0 Å². The van der Waals surface area contributed by atoms with Gasteiger partial charge in [-0.3, -0.25) is 0 Å². The van der Waals surface area contributed by atoms with Crippen molar-refractivity contribution in [2.45, 2.75) is 80.1 Å². The van der Waals surface area contributed by atoms with E-state index in [1.54, 1.807) is 14.2 Å². The lowest BCUT2D eigenvalue weighted by Gasteiger charge is -2.02. The van der Waals surface area contributed by atoms with Crippen molar-refractivity contribution in [2.24, 2.45) is 0 Å². The van der Waals surface area contributed by atoms with Crippen LogP contribution in [0.1, 0.15) is 78.7 Å². The Balaban J connectivity index is 0.000000823. The third kappa shape index (κ3) is 18.4. The van der Waals surface area contributed by atoms with Crippen molar-refractivity contribution in [3.63, 3.8) is 0 Å². The second-order valence-electron chi connectivity index (χ2n) is 8.52. The molecule has 0 fully saturated rings. The molecule has 1 rings (SSSR count). The van der Waals surface area contributed by atoms with E-state index < -0.39 is 0 Å². The van der Waals surface area contributed by atoms with E-state index in [2.05, 4.69) is 65.8 Å². The van der Waals surface area contributed by atoms with Gasteiger partial charge in [-0.15, -0.1) is 0 Å². The molecule has 0 bridgehead atoms. The Kier molecular flexibility index (Phi) is 17.4. The number of methoxy groups -OCH3 is 2. The Morgan fingerprint density at radius 2 is 1.13 bits per heavy atom. The first kappa shape index (κ1) is 28.9. The van der Waals surface area contributed by atoms with E-state index in [9.17, 15) is 0 Å². The third-order valence-corrected chi connectivity index (χ3v) is 5.01. The van der Waals surface area contributed by atoms with Gasteiger partial charge in [0, 0.05) is 7.11 Å². The Morgan fingerprint density at radius 3 is 1.55 bits per heavy atom. The molecule has 0 atom stereocenters. The Morgan fingerprint density at radius 1 is 0.677 bits per heavy atom. The highest BCUT2D eigenvalue weighted by molar-refractivity contribution is 5.25. The molecule has 0 unspecified atom stereocenters. The first-order chi connectivity index (χ1) is 14.8. The highest BCUT2D eigenvalue weighted by Gasteiger charge is 1.93. The number of hydrogen-bond donors (Lipinski definition) is 0. The van der Waals surface area contributed by atoms with Crippen LogP contribution in [0.5, 0.6) is 5.75 Å². The van der Waals surface area contributed by atoms with Crippen molar-refractivity contribution in [3.8, 4) is 5.75 Å². The number of ether oxygens (including phenoxy) is 2. The molecule has 0 amide bonds. The van der Waals surface area contributed by atoms with E-state index in [-0.39, 0.29) is 0 Å². The Hall–Kier alpha value is -2.06. The molecule has 2 nitrogen and oxygen atoms in total. The van der Waals surface area contributed by atoms with Gasteiger partial charge in [0.1, 0.15) is 5.75 Å². The van der Waals surface area contributed by atoms with Crippen LogP contribution in [0.15, 0.2) is 70.9 Å². The van der Waals surface area contributed by atoms with E-state index in [1.165, 1.54) is 53.5 Å². The molecule has 0 saturated carbocycles. The molecule has 0 saturated heterocycles. The summed E-state index contributed by atoms with van der Waals surface area (Å²) in [4.78, 5) is 0. The minimum Gasteiger partial charge on any atom is -0.497 e. The van der Waals surface area contributed by atoms with Gasteiger partial charge in [-0.1, -0.05) is 64.3 Å². The summed E-state index contributed by atoms with van der Waals surface area (Å²) in [5.74, 6) is 0.917. The fourth-order valence-corrected chi connectivity index (χ4v) is 2.89. The molecule has 31 heavy (non-hydrogen) atoms. The molecule has 0 spiro atoms. The average Bonchev–Trinajstić information content (AvgIpc) is 2.73. The van der Waals surface area contributed by atoms with Crippen molar-refractivity contribution in [1.29, 1.82) is 0 Å². The van der Waals surface area contributed by atoms with Gasteiger partial charge in [0.05, 0.1) is 13.7 Å². The lowest BCUT2D eigenvalue weighted by atomic mass is 10.0.